The van der Waals surface area contributed by atoms with Crippen LogP contribution in [0.1, 0.15) is 21.5 Å². The number of hydrogen-bond acceptors (Lipinski definition) is 3. The van der Waals surface area contributed by atoms with Gasteiger partial charge >= 0.3 is 0 Å². The molecule has 0 aliphatic heterocycles. The SMILES string of the molecule is O=C(c1ccccc1)C(/C=C(/c1ccccc1)S(=O)(=O)c1ccccc1)Cc1ccccc1. The van der Waals surface area contributed by atoms with Crippen LogP contribution in [0.25, 0.3) is 4.91 Å². The van der Waals surface area contributed by atoms with E-state index in [4.69, 9.17) is 0 Å². The van der Waals surface area contributed by atoms with E-state index in [1.54, 1.807) is 72.8 Å². The molecule has 33 heavy (non-hydrogen) atoms. The Morgan fingerprint density at radius 2 is 1.09 bits per heavy atom. The molecule has 4 heteroatoms. The van der Waals surface area contributed by atoms with Gasteiger partial charge in [-0.3, -0.25) is 4.79 Å². The topological polar surface area (TPSA) is 51.2 Å². The second-order valence-corrected chi connectivity index (χ2v) is 9.66. The molecule has 0 aliphatic rings. The summed E-state index contributed by atoms with van der Waals surface area (Å²) in [5, 5.41) is 0. The molecule has 0 aromatic heterocycles. The standard InChI is InChI=1S/C29H24O3S/c30-29(25-17-9-3-10-18-25)26(21-23-13-5-1-6-14-23)22-28(24-15-7-2-8-16-24)33(31,32)27-19-11-4-12-20-27/h1-20,22,26H,21H2/b28-22-. The molecule has 0 amide bonds. The molecule has 0 N–H and O–H groups in total. The van der Waals surface area contributed by atoms with Gasteiger partial charge in [-0.05, 0) is 29.7 Å². The molecule has 4 aromatic rings. The van der Waals surface area contributed by atoms with E-state index in [2.05, 4.69) is 0 Å². The number of hydrogen-bond donors (Lipinski definition) is 0. The summed E-state index contributed by atoms with van der Waals surface area (Å²) in [5.41, 5.74) is 2.08. The van der Waals surface area contributed by atoms with Gasteiger partial charge in [-0.1, -0.05) is 115 Å². The fourth-order valence-corrected chi connectivity index (χ4v) is 5.32. The normalized spacial score (nSPS) is 12.8. The Labute approximate surface area is 195 Å². The second kappa shape index (κ2) is 10.2. The first kappa shape index (κ1) is 22.4. The molecule has 0 fully saturated rings. The van der Waals surface area contributed by atoms with E-state index >= 15 is 0 Å². The van der Waals surface area contributed by atoms with Gasteiger partial charge < -0.3 is 0 Å². The predicted molar refractivity (Wildman–Crippen MR) is 132 cm³/mol. The molecule has 3 nitrogen and oxygen atoms in total. The van der Waals surface area contributed by atoms with Gasteiger partial charge in [0, 0.05) is 11.5 Å². The van der Waals surface area contributed by atoms with Crippen LogP contribution in [0.5, 0.6) is 0 Å². The van der Waals surface area contributed by atoms with Crippen LogP contribution >= 0.6 is 0 Å². The van der Waals surface area contributed by atoms with Crippen molar-refractivity contribution in [3.8, 4) is 0 Å². The zero-order valence-corrected chi connectivity index (χ0v) is 18.9. The van der Waals surface area contributed by atoms with Gasteiger partial charge in [-0.15, -0.1) is 0 Å². The molecular weight excluding hydrogens is 428 g/mol. The van der Waals surface area contributed by atoms with Gasteiger partial charge in [-0.25, -0.2) is 8.42 Å². The maximum atomic E-state index is 13.7. The molecule has 0 bridgehead atoms. The Bertz CT molecular complexity index is 1330. The maximum absolute atomic E-state index is 13.7. The summed E-state index contributed by atoms with van der Waals surface area (Å²) in [7, 11) is -3.85. The van der Waals surface area contributed by atoms with Crippen molar-refractivity contribution in [3.05, 3.63) is 144 Å². The lowest BCUT2D eigenvalue weighted by molar-refractivity contribution is 0.0945. The molecule has 0 saturated carbocycles. The summed E-state index contributed by atoms with van der Waals surface area (Å²) in [4.78, 5) is 13.9. The number of sulfone groups is 1. The lowest BCUT2D eigenvalue weighted by Gasteiger charge is -2.16. The average Bonchev–Trinajstić information content (AvgIpc) is 2.88. The van der Waals surface area contributed by atoms with Gasteiger partial charge in [-0.2, -0.15) is 0 Å². The van der Waals surface area contributed by atoms with Gasteiger partial charge in [0.15, 0.2) is 5.78 Å². The molecule has 1 atom stereocenters. The lowest BCUT2D eigenvalue weighted by Crippen LogP contribution is -2.17. The third kappa shape index (κ3) is 5.36. The molecule has 0 spiro atoms. The predicted octanol–water partition coefficient (Wildman–Crippen LogP) is 6.24. The van der Waals surface area contributed by atoms with Crippen molar-refractivity contribution in [1.82, 2.24) is 0 Å². The van der Waals surface area contributed by atoms with Crippen molar-refractivity contribution in [3.63, 3.8) is 0 Å². The first-order chi connectivity index (χ1) is 16.1. The Morgan fingerprint density at radius 3 is 1.64 bits per heavy atom. The van der Waals surface area contributed by atoms with E-state index in [-0.39, 0.29) is 15.6 Å². The van der Waals surface area contributed by atoms with Crippen LogP contribution in [-0.4, -0.2) is 14.2 Å². The fourth-order valence-electron chi connectivity index (χ4n) is 3.76. The van der Waals surface area contributed by atoms with Crippen molar-refractivity contribution in [2.24, 2.45) is 5.92 Å². The number of carbonyl (C=O) groups excluding carboxylic acids is 1. The minimum absolute atomic E-state index is 0.115. The Hall–Kier alpha value is -3.76. The van der Waals surface area contributed by atoms with Crippen LogP contribution < -0.4 is 0 Å². The van der Waals surface area contributed by atoms with Crippen LogP contribution in [0.15, 0.2) is 132 Å². The number of rotatable bonds is 8. The van der Waals surface area contributed by atoms with Crippen LogP contribution in [-0.2, 0) is 16.3 Å². The van der Waals surface area contributed by atoms with Gasteiger partial charge in [0.1, 0.15) is 0 Å². The molecule has 4 aromatic carbocycles. The highest BCUT2D eigenvalue weighted by Gasteiger charge is 2.26. The summed E-state index contributed by atoms with van der Waals surface area (Å²) >= 11 is 0. The van der Waals surface area contributed by atoms with Gasteiger partial charge in [0.2, 0.25) is 9.84 Å². The minimum Gasteiger partial charge on any atom is -0.294 e. The maximum Gasteiger partial charge on any atom is 0.206 e. The summed E-state index contributed by atoms with van der Waals surface area (Å²) < 4.78 is 27.4. The molecule has 0 aliphatic carbocycles. The fraction of sp³-hybridized carbons (Fsp3) is 0.0690. The van der Waals surface area contributed by atoms with E-state index in [1.165, 1.54) is 0 Å². The van der Waals surface area contributed by atoms with E-state index in [9.17, 15) is 13.2 Å². The smallest absolute Gasteiger partial charge is 0.206 e. The van der Waals surface area contributed by atoms with Crippen molar-refractivity contribution in [1.29, 1.82) is 0 Å². The van der Waals surface area contributed by atoms with Crippen LogP contribution in [0, 0.1) is 5.92 Å². The van der Waals surface area contributed by atoms with Crippen LogP contribution in [0.2, 0.25) is 0 Å². The van der Waals surface area contributed by atoms with Crippen LogP contribution in [0.4, 0.5) is 0 Å². The third-order valence-electron chi connectivity index (χ3n) is 5.45. The van der Waals surface area contributed by atoms with E-state index in [1.807, 2.05) is 54.6 Å². The second-order valence-electron chi connectivity index (χ2n) is 7.74. The first-order valence-electron chi connectivity index (χ1n) is 10.8. The number of ketones is 1. The Balaban J connectivity index is 1.87. The molecule has 1 unspecified atom stereocenters. The third-order valence-corrected chi connectivity index (χ3v) is 7.29. The van der Waals surface area contributed by atoms with Gasteiger partial charge in [0.05, 0.1) is 9.80 Å². The summed E-state index contributed by atoms with van der Waals surface area (Å²) in [6.07, 6.45) is 2.02. The van der Waals surface area contributed by atoms with Crippen molar-refractivity contribution in [2.75, 3.05) is 0 Å². The number of benzene rings is 4. The summed E-state index contributed by atoms with van der Waals surface area (Å²) in [5.74, 6) is -0.764. The molecular formula is C29H24O3S. The molecule has 4 rings (SSSR count). The zero-order valence-electron chi connectivity index (χ0n) is 18.0. The van der Waals surface area contributed by atoms with E-state index < -0.39 is 15.8 Å². The molecule has 0 heterocycles. The lowest BCUT2D eigenvalue weighted by atomic mass is 9.90. The number of carbonyl (C=O) groups is 1. The van der Waals surface area contributed by atoms with Crippen molar-refractivity contribution in [2.45, 2.75) is 11.3 Å². The summed E-state index contributed by atoms with van der Waals surface area (Å²) in [6, 6.07) is 36.0. The summed E-state index contributed by atoms with van der Waals surface area (Å²) in [6.45, 7) is 0. The average molecular weight is 453 g/mol. The van der Waals surface area contributed by atoms with Gasteiger partial charge in [0.25, 0.3) is 0 Å². The zero-order chi connectivity index (χ0) is 23.1. The van der Waals surface area contributed by atoms with E-state index in [0.29, 0.717) is 17.5 Å². The largest absolute Gasteiger partial charge is 0.294 e. The Morgan fingerprint density at radius 1 is 0.636 bits per heavy atom. The molecule has 0 radical (unpaired) electrons. The Kier molecular flexibility index (Phi) is 6.96. The first-order valence-corrected chi connectivity index (χ1v) is 12.2. The number of allylic oxidation sites excluding steroid dienone is 1. The molecule has 0 saturated heterocycles. The highest BCUT2D eigenvalue weighted by atomic mass is 32.2. The highest BCUT2D eigenvalue weighted by molar-refractivity contribution is 8.00. The molecule has 164 valence electrons. The monoisotopic (exact) mass is 452 g/mol. The minimum atomic E-state index is -3.85. The number of Topliss-reactive ketones (excluding diaryl/α,β-unsaturated/α-hetero) is 1. The highest BCUT2D eigenvalue weighted by Crippen LogP contribution is 2.31. The quantitative estimate of drug-likeness (QED) is 0.297. The van der Waals surface area contributed by atoms with E-state index in [0.717, 1.165) is 5.56 Å². The van der Waals surface area contributed by atoms with Crippen molar-refractivity contribution < 1.29 is 13.2 Å². The van der Waals surface area contributed by atoms with Crippen LogP contribution in [0.3, 0.4) is 0 Å². The van der Waals surface area contributed by atoms with Crippen molar-refractivity contribution >= 4 is 20.5 Å².